The Labute approximate surface area is 102 Å². The van der Waals surface area contributed by atoms with Crippen molar-refractivity contribution in [2.45, 2.75) is 44.7 Å². The maximum Gasteiger partial charge on any atom is 0.0718 e. The molecule has 1 nitrogen and oxygen atoms in total. The lowest BCUT2D eigenvalue weighted by Crippen LogP contribution is -2.35. The molecule has 0 bridgehead atoms. The smallest absolute Gasteiger partial charge is 0.0718 e. The van der Waals surface area contributed by atoms with E-state index in [-0.39, 0.29) is 6.04 Å². The first-order valence-corrected chi connectivity index (χ1v) is 7.05. The van der Waals surface area contributed by atoms with Crippen LogP contribution >= 0.6 is 11.3 Å². The lowest BCUT2D eigenvalue weighted by Gasteiger charge is -2.27. The van der Waals surface area contributed by atoms with Crippen molar-refractivity contribution < 1.29 is 0 Å². The largest absolute Gasteiger partial charge is 0.299 e. The molecular formula is C14H19NS. The second-order valence-corrected chi connectivity index (χ2v) is 5.33. The molecule has 0 radical (unpaired) electrons. The molecule has 0 spiro atoms. The monoisotopic (exact) mass is 233 g/mol. The maximum absolute atomic E-state index is 5.63. The van der Waals surface area contributed by atoms with E-state index in [1.165, 1.54) is 37.7 Å². The molecule has 16 heavy (non-hydrogen) atoms. The molecule has 1 aromatic heterocycles. The quantitative estimate of drug-likeness (QED) is 0.786. The van der Waals surface area contributed by atoms with E-state index >= 15 is 0 Å². The van der Waals surface area contributed by atoms with Gasteiger partial charge in [0.15, 0.2) is 0 Å². The number of nitrogens with one attached hydrogen (secondary N) is 1. The van der Waals surface area contributed by atoms with E-state index in [1.807, 2.05) is 0 Å². The molecule has 1 aliphatic rings. The highest BCUT2D eigenvalue weighted by Crippen LogP contribution is 2.26. The Hall–Kier alpha value is -0.780. The van der Waals surface area contributed by atoms with Crippen LogP contribution in [0.25, 0.3) is 0 Å². The normalized spacial score (nSPS) is 19.2. The third-order valence-electron chi connectivity index (χ3n) is 3.41. The average molecular weight is 233 g/mol. The zero-order valence-corrected chi connectivity index (χ0v) is 10.4. The molecule has 0 amide bonds. The van der Waals surface area contributed by atoms with Gasteiger partial charge >= 0.3 is 0 Å². The first-order valence-electron chi connectivity index (χ1n) is 6.11. The van der Waals surface area contributed by atoms with Crippen LogP contribution in [0.3, 0.4) is 0 Å². The van der Waals surface area contributed by atoms with Gasteiger partial charge in [0, 0.05) is 6.54 Å². The van der Waals surface area contributed by atoms with E-state index in [4.69, 9.17) is 6.42 Å². The van der Waals surface area contributed by atoms with Crippen molar-refractivity contribution >= 4 is 11.3 Å². The highest BCUT2D eigenvalue weighted by Gasteiger charge is 2.21. The van der Waals surface area contributed by atoms with Crippen LogP contribution in [-0.4, -0.2) is 6.04 Å². The van der Waals surface area contributed by atoms with Crippen molar-refractivity contribution in [3.8, 4) is 12.3 Å². The summed E-state index contributed by atoms with van der Waals surface area (Å²) < 4.78 is 0. The summed E-state index contributed by atoms with van der Waals surface area (Å²) in [6.07, 6.45) is 12.3. The van der Waals surface area contributed by atoms with Crippen LogP contribution in [0.15, 0.2) is 16.8 Å². The first kappa shape index (κ1) is 11.7. The molecule has 1 N–H and O–H groups in total. The van der Waals surface area contributed by atoms with Gasteiger partial charge in [0.25, 0.3) is 0 Å². The van der Waals surface area contributed by atoms with Gasteiger partial charge in [0.05, 0.1) is 6.04 Å². The molecule has 1 atom stereocenters. The second kappa shape index (κ2) is 6.08. The second-order valence-electron chi connectivity index (χ2n) is 4.55. The third kappa shape index (κ3) is 3.10. The number of hydrogen-bond donors (Lipinski definition) is 1. The molecule has 0 saturated heterocycles. The Balaban J connectivity index is 1.83. The highest BCUT2D eigenvalue weighted by atomic mass is 32.1. The van der Waals surface area contributed by atoms with Crippen LogP contribution in [0.4, 0.5) is 0 Å². The summed E-state index contributed by atoms with van der Waals surface area (Å²) in [6.45, 7) is 0.912. The van der Waals surface area contributed by atoms with Crippen molar-refractivity contribution in [2.24, 2.45) is 5.92 Å². The van der Waals surface area contributed by atoms with Crippen molar-refractivity contribution in [3.05, 3.63) is 22.4 Å². The topological polar surface area (TPSA) is 12.0 Å². The lowest BCUT2D eigenvalue weighted by molar-refractivity contribution is 0.305. The van der Waals surface area contributed by atoms with Gasteiger partial charge < -0.3 is 0 Å². The number of hydrogen-bond acceptors (Lipinski definition) is 2. The molecule has 1 fully saturated rings. The Morgan fingerprint density at radius 3 is 2.88 bits per heavy atom. The molecule has 1 saturated carbocycles. The average Bonchev–Trinajstić information content (AvgIpc) is 2.84. The lowest BCUT2D eigenvalue weighted by atomic mass is 9.84. The zero-order chi connectivity index (χ0) is 11.2. The predicted octanol–water partition coefficient (Wildman–Crippen LogP) is 3.42. The Morgan fingerprint density at radius 1 is 1.44 bits per heavy atom. The highest BCUT2D eigenvalue weighted by molar-refractivity contribution is 7.07. The van der Waals surface area contributed by atoms with Gasteiger partial charge in [-0.1, -0.05) is 25.2 Å². The summed E-state index contributed by atoms with van der Waals surface area (Å²) in [6, 6.07) is 2.42. The summed E-state index contributed by atoms with van der Waals surface area (Å²) in [5.74, 6) is 3.62. The third-order valence-corrected chi connectivity index (χ3v) is 4.14. The van der Waals surface area contributed by atoms with E-state index in [0.29, 0.717) is 5.92 Å². The van der Waals surface area contributed by atoms with Gasteiger partial charge in [-0.2, -0.15) is 11.3 Å². The van der Waals surface area contributed by atoms with Crippen molar-refractivity contribution in [3.63, 3.8) is 0 Å². The summed E-state index contributed by atoms with van der Waals surface area (Å²) in [5.41, 5.74) is 1.35. The molecular weight excluding hydrogens is 214 g/mol. The van der Waals surface area contributed by atoms with Gasteiger partial charge in [-0.05, 0) is 41.1 Å². The van der Waals surface area contributed by atoms with Gasteiger partial charge in [-0.25, -0.2) is 0 Å². The van der Waals surface area contributed by atoms with Gasteiger partial charge in [-0.3, -0.25) is 5.32 Å². The fourth-order valence-electron chi connectivity index (χ4n) is 2.45. The Morgan fingerprint density at radius 2 is 2.25 bits per heavy atom. The minimum atomic E-state index is 0.264. The molecule has 86 valence electrons. The minimum Gasteiger partial charge on any atom is -0.299 e. The van der Waals surface area contributed by atoms with E-state index in [9.17, 15) is 0 Å². The summed E-state index contributed by atoms with van der Waals surface area (Å²) in [5, 5.41) is 7.81. The Kier molecular flexibility index (Phi) is 4.44. The molecule has 1 heterocycles. The molecule has 0 unspecified atom stereocenters. The molecule has 1 aromatic rings. The minimum absolute atomic E-state index is 0.264. The summed E-state index contributed by atoms with van der Waals surface area (Å²) in [7, 11) is 0. The van der Waals surface area contributed by atoms with E-state index < -0.39 is 0 Å². The number of rotatable bonds is 4. The van der Waals surface area contributed by atoms with Gasteiger partial charge in [0.1, 0.15) is 0 Å². The SMILES string of the molecule is C#C[C@@H](NCc1ccsc1)C1CCCCC1. The molecule has 1 aliphatic carbocycles. The van der Waals surface area contributed by atoms with Crippen LogP contribution in [0.5, 0.6) is 0 Å². The van der Waals surface area contributed by atoms with Crippen LogP contribution < -0.4 is 5.32 Å². The molecule has 0 aromatic carbocycles. The maximum atomic E-state index is 5.63. The standard InChI is InChI=1S/C14H19NS/c1-2-14(13-6-4-3-5-7-13)15-10-12-8-9-16-11-12/h1,8-9,11,13-15H,3-7,10H2/t14-/m1/s1. The zero-order valence-electron chi connectivity index (χ0n) is 9.61. The van der Waals surface area contributed by atoms with Gasteiger partial charge in [-0.15, -0.1) is 6.42 Å². The summed E-state index contributed by atoms with van der Waals surface area (Å²) >= 11 is 1.74. The fourth-order valence-corrected chi connectivity index (χ4v) is 3.12. The first-order chi connectivity index (χ1) is 7.90. The van der Waals surface area contributed by atoms with Crippen LogP contribution in [-0.2, 0) is 6.54 Å². The van der Waals surface area contributed by atoms with Gasteiger partial charge in [0.2, 0.25) is 0 Å². The molecule has 2 rings (SSSR count). The van der Waals surface area contributed by atoms with E-state index in [0.717, 1.165) is 6.54 Å². The fraction of sp³-hybridized carbons (Fsp3) is 0.571. The van der Waals surface area contributed by atoms with Crippen molar-refractivity contribution in [1.29, 1.82) is 0 Å². The summed E-state index contributed by atoms with van der Waals surface area (Å²) in [4.78, 5) is 0. The van der Waals surface area contributed by atoms with E-state index in [2.05, 4.69) is 28.1 Å². The van der Waals surface area contributed by atoms with Crippen molar-refractivity contribution in [1.82, 2.24) is 5.32 Å². The number of thiophene rings is 1. The molecule has 0 aliphatic heterocycles. The van der Waals surface area contributed by atoms with Crippen LogP contribution in [0, 0.1) is 18.3 Å². The van der Waals surface area contributed by atoms with E-state index in [1.54, 1.807) is 11.3 Å². The predicted molar refractivity (Wildman–Crippen MR) is 70.4 cm³/mol. The van der Waals surface area contributed by atoms with Crippen molar-refractivity contribution in [2.75, 3.05) is 0 Å². The number of terminal acetylenes is 1. The molecule has 2 heteroatoms. The van der Waals surface area contributed by atoms with Crippen LogP contribution in [0.2, 0.25) is 0 Å². The Bertz CT molecular complexity index is 330. The van der Waals surface area contributed by atoms with Crippen LogP contribution in [0.1, 0.15) is 37.7 Å².